The third-order valence-electron chi connectivity index (χ3n) is 1.69. The van der Waals surface area contributed by atoms with Gasteiger partial charge in [0, 0.05) is 13.7 Å². The van der Waals surface area contributed by atoms with Gasteiger partial charge in [0.1, 0.15) is 0 Å². The van der Waals surface area contributed by atoms with Gasteiger partial charge in [-0.05, 0) is 18.8 Å². The first-order valence-corrected chi connectivity index (χ1v) is 3.86. The molecule has 0 aromatic heterocycles. The van der Waals surface area contributed by atoms with Crippen molar-refractivity contribution in [2.75, 3.05) is 13.7 Å². The summed E-state index contributed by atoms with van der Waals surface area (Å²) in [5, 5.41) is 8.54. The van der Waals surface area contributed by atoms with Crippen LogP contribution in [0.2, 0.25) is 0 Å². The Bertz CT molecular complexity index is 71.7. The predicted octanol–water partition coefficient (Wildman–Crippen LogP) is 1.43. The van der Waals surface area contributed by atoms with Crippen LogP contribution in [0.3, 0.4) is 0 Å². The second kappa shape index (κ2) is 5.69. The average Bonchev–Trinajstić information content (AvgIpc) is 1.89. The van der Waals surface area contributed by atoms with Gasteiger partial charge in [-0.1, -0.05) is 13.8 Å². The topological polar surface area (TPSA) is 29.5 Å². The number of hydrogen-bond acceptors (Lipinski definition) is 2. The quantitative estimate of drug-likeness (QED) is 0.635. The molecule has 10 heavy (non-hydrogen) atoms. The molecular weight excluding hydrogens is 128 g/mol. The van der Waals surface area contributed by atoms with E-state index in [1.807, 2.05) is 0 Å². The van der Waals surface area contributed by atoms with Crippen LogP contribution < -0.4 is 0 Å². The van der Waals surface area contributed by atoms with Crippen LogP contribution in [0.25, 0.3) is 0 Å². The van der Waals surface area contributed by atoms with Gasteiger partial charge in [-0.15, -0.1) is 0 Å². The highest BCUT2D eigenvalue weighted by Gasteiger charge is 2.10. The number of ether oxygens (including phenoxy) is 1. The lowest BCUT2D eigenvalue weighted by Gasteiger charge is -2.17. The van der Waals surface area contributed by atoms with Gasteiger partial charge >= 0.3 is 0 Å². The van der Waals surface area contributed by atoms with Crippen LogP contribution in [0.5, 0.6) is 0 Å². The summed E-state index contributed by atoms with van der Waals surface area (Å²) in [5.74, 6) is 0.552. The normalized spacial score (nSPS) is 14.1. The highest BCUT2D eigenvalue weighted by atomic mass is 16.5. The van der Waals surface area contributed by atoms with E-state index in [1.54, 1.807) is 7.11 Å². The fourth-order valence-electron chi connectivity index (χ4n) is 1.02. The second-order valence-corrected chi connectivity index (χ2v) is 2.88. The molecule has 0 rings (SSSR count). The predicted molar refractivity (Wildman–Crippen MR) is 42.0 cm³/mol. The summed E-state index contributed by atoms with van der Waals surface area (Å²) >= 11 is 0. The van der Waals surface area contributed by atoms with Crippen molar-refractivity contribution >= 4 is 0 Å². The van der Waals surface area contributed by atoms with Crippen molar-refractivity contribution in [2.45, 2.75) is 32.8 Å². The average molecular weight is 146 g/mol. The molecule has 1 atom stereocenters. The molecule has 0 spiro atoms. The smallest absolute Gasteiger partial charge is 0.0595 e. The fourth-order valence-corrected chi connectivity index (χ4v) is 1.02. The minimum Gasteiger partial charge on any atom is -0.396 e. The van der Waals surface area contributed by atoms with Crippen LogP contribution in [0.1, 0.15) is 26.7 Å². The van der Waals surface area contributed by atoms with Crippen LogP contribution in [-0.4, -0.2) is 24.9 Å². The maximum absolute atomic E-state index is 8.54. The Hall–Kier alpha value is -0.0800. The van der Waals surface area contributed by atoms with Gasteiger partial charge in [0.2, 0.25) is 0 Å². The van der Waals surface area contributed by atoms with Crippen molar-refractivity contribution in [3.63, 3.8) is 0 Å². The monoisotopic (exact) mass is 146 g/mol. The second-order valence-electron chi connectivity index (χ2n) is 2.88. The maximum Gasteiger partial charge on any atom is 0.0595 e. The summed E-state index contributed by atoms with van der Waals surface area (Å²) in [7, 11) is 1.72. The van der Waals surface area contributed by atoms with Crippen LogP contribution in [0, 0.1) is 5.92 Å². The van der Waals surface area contributed by atoms with Crippen molar-refractivity contribution in [1.29, 1.82) is 0 Å². The summed E-state index contributed by atoms with van der Waals surface area (Å²) in [6.45, 7) is 4.53. The zero-order chi connectivity index (χ0) is 7.98. The standard InChI is InChI=1S/C8H18O2/c1-7(2)8(10-3)5-4-6-9/h7-9H,4-6H2,1-3H3. The van der Waals surface area contributed by atoms with Crippen LogP contribution >= 0.6 is 0 Å². The van der Waals surface area contributed by atoms with Gasteiger partial charge in [0.15, 0.2) is 0 Å². The molecule has 0 saturated carbocycles. The van der Waals surface area contributed by atoms with E-state index in [0.717, 1.165) is 12.8 Å². The van der Waals surface area contributed by atoms with Crippen molar-refractivity contribution < 1.29 is 9.84 Å². The van der Waals surface area contributed by atoms with E-state index in [1.165, 1.54) is 0 Å². The van der Waals surface area contributed by atoms with Gasteiger partial charge in [-0.3, -0.25) is 0 Å². The number of hydrogen-bond donors (Lipinski definition) is 1. The molecule has 0 aliphatic rings. The summed E-state index contributed by atoms with van der Waals surface area (Å²) in [6.07, 6.45) is 2.12. The third-order valence-corrected chi connectivity index (χ3v) is 1.69. The number of methoxy groups -OCH3 is 1. The summed E-state index contributed by atoms with van der Waals surface area (Å²) < 4.78 is 5.20. The molecule has 2 heteroatoms. The Kier molecular flexibility index (Phi) is 5.64. The van der Waals surface area contributed by atoms with E-state index in [0.29, 0.717) is 12.0 Å². The Labute approximate surface area is 63.2 Å². The van der Waals surface area contributed by atoms with Crippen molar-refractivity contribution in [2.24, 2.45) is 5.92 Å². The van der Waals surface area contributed by atoms with Crippen molar-refractivity contribution in [3.05, 3.63) is 0 Å². The minimum atomic E-state index is 0.270. The molecule has 1 N–H and O–H groups in total. The first-order chi connectivity index (χ1) is 4.72. The van der Waals surface area contributed by atoms with Gasteiger partial charge < -0.3 is 9.84 Å². The first kappa shape index (κ1) is 9.92. The number of aliphatic hydroxyl groups is 1. The minimum absolute atomic E-state index is 0.270. The maximum atomic E-state index is 8.54. The van der Waals surface area contributed by atoms with E-state index in [4.69, 9.17) is 9.84 Å². The highest BCUT2D eigenvalue weighted by molar-refractivity contribution is 4.60. The lowest BCUT2D eigenvalue weighted by atomic mass is 10.0. The fraction of sp³-hybridized carbons (Fsp3) is 1.00. The Morgan fingerprint density at radius 3 is 2.30 bits per heavy atom. The SMILES string of the molecule is COC(CCCO)C(C)C. The highest BCUT2D eigenvalue weighted by Crippen LogP contribution is 2.10. The third kappa shape index (κ3) is 3.85. The lowest BCUT2D eigenvalue weighted by molar-refractivity contribution is 0.0524. The lowest BCUT2D eigenvalue weighted by Crippen LogP contribution is -2.18. The van der Waals surface area contributed by atoms with Gasteiger partial charge in [-0.25, -0.2) is 0 Å². The van der Waals surface area contributed by atoms with E-state index < -0.39 is 0 Å². The molecule has 0 aromatic carbocycles. The summed E-state index contributed by atoms with van der Waals surface area (Å²) in [5.41, 5.74) is 0. The van der Waals surface area contributed by atoms with Gasteiger partial charge in [-0.2, -0.15) is 0 Å². The molecule has 0 radical (unpaired) electrons. The first-order valence-electron chi connectivity index (χ1n) is 3.86. The van der Waals surface area contributed by atoms with Gasteiger partial charge in [0.05, 0.1) is 6.10 Å². The molecule has 0 aromatic rings. The molecule has 0 aliphatic carbocycles. The van der Waals surface area contributed by atoms with E-state index >= 15 is 0 Å². The Morgan fingerprint density at radius 2 is 2.00 bits per heavy atom. The van der Waals surface area contributed by atoms with Crippen LogP contribution in [0.4, 0.5) is 0 Å². The Morgan fingerprint density at radius 1 is 1.40 bits per heavy atom. The molecule has 2 nitrogen and oxygen atoms in total. The van der Waals surface area contributed by atoms with Crippen LogP contribution in [0.15, 0.2) is 0 Å². The number of rotatable bonds is 5. The zero-order valence-corrected chi connectivity index (χ0v) is 7.13. The molecule has 62 valence electrons. The van der Waals surface area contributed by atoms with E-state index in [-0.39, 0.29) is 6.61 Å². The molecule has 0 fully saturated rings. The molecule has 0 aliphatic heterocycles. The largest absolute Gasteiger partial charge is 0.396 e. The molecule has 0 saturated heterocycles. The van der Waals surface area contributed by atoms with E-state index in [9.17, 15) is 0 Å². The Balaban J connectivity index is 3.40. The van der Waals surface area contributed by atoms with Crippen LogP contribution in [-0.2, 0) is 4.74 Å². The molecule has 0 bridgehead atoms. The molecule has 0 amide bonds. The number of aliphatic hydroxyl groups excluding tert-OH is 1. The zero-order valence-electron chi connectivity index (χ0n) is 7.13. The van der Waals surface area contributed by atoms with E-state index in [2.05, 4.69) is 13.8 Å². The van der Waals surface area contributed by atoms with Gasteiger partial charge in [0.25, 0.3) is 0 Å². The van der Waals surface area contributed by atoms with Crippen molar-refractivity contribution in [3.8, 4) is 0 Å². The van der Waals surface area contributed by atoms with Crippen molar-refractivity contribution in [1.82, 2.24) is 0 Å². The molecular formula is C8H18O2. The summed E-state index contributed by atoms with van der Waals surface area (Å²) in [6, 6.07) is 0. The summed E-state index contributed by atoms with van der Waals surface area (Å²) in [4.78, 5) is 0. The molecule has 0 heterocycles. The molecule has 1 unspecified atom stereocenters.